The van der Waals surface area contributed by atoms with Crippen molar-refractivity contribution in [3.63, 3.8) is 0 Å². The van der Waals surface area contributed by atoms with Crippen LogP contribution in [0, 0.1) is 0 Å². The summed E-state index contributed by atoms with van der Waals surface area (Å²) in [5, 5.41) is 5.97. The summed E-state index contributed by atoms with van der Waals surface area (Å²) in [6, 6.07) is 12.3. The van der Waals surface area contributed by atoms with Crippen LogP contribution < -0.4 is 14.5 Å². The van der Waals surface area contributed by atoms with E-state index in [1.165, 1.54) is 12.2 Å². The van der Waals surface area contributed by atoms with Crippen LogP contribution in [0.5, 0.6) is 6.01 Å². The van der Waals surface area contributed by atoms with Crippen molar-refractivity contribution in [3.05, 3.63) is 70.5 Å². The Morgan fingerprint density at radius 2 is 2.00 bits per heavy atom. The SMILES string of the molecule is CN(c1nc(OC[C@@]23CCCN2C[C@H](F)C3)nc2c1CCN(c1cccc3cccc(Cl)c13)C2)[C@@H]1CCN(C(=O)/C=C/c2nc(C(F)F)no2)C1. The van der Waals surface area contributed by atoms with Gasteiger partial charge in [0.25, 0.3) is 5.89 Å². The summed E-state index contributed by atoms with van der Waals surface area (Å²) in [6.07, 6.45) is 2.48. The minimum Gasteiger partial charge on any atom is -0.461 e. The van der Waals surface area contributed by atoms with Crippen molar-refractivity contribution in [2.75, 3.05) is 56.2 Å². The summed E-state index contributed by atoms with van der Waals surface area (Å²) in [6.45, 7) is 3.78. The number of aromatic nitrogens is 4. The molecule has 2 aromatic heterocycles. The zero-order chi connectivity index (χ0) is 35.3. The van der Waals surface area contributed by atoms with E-state index in [0.717, 1.165) is 59.5 Å². The Labute approximate surface area is 298 Å². The molecule has 8 rings (SSSR count). The molecule has 3 fully saturated rings. The third-order valence-corrected chi connectivity index (χ3v) is 11.1. The van der Waals surface area contributed by atoms with E-state index in [1.54, 1.807) is 4.90 Å². The van der Waals surface area contributed by atoms with Gasteiger partial charge in [0.15, 0.2) is 0 Å². The van der Waals surface area contributed by atoms with Crippen LogP contribution in [0.4, 0.5) is 24.7 Å². The van der Waals surface area contributed by atoms with Crippen LogP contribution in [0.1, 0.15) is 55.1 Å². The van der Waals surface area contributed by atoms with Gasteiger partial charge in [0.2, 0.25) is 11.7 Å². The zero-order valence-electron chi connectivity index (χ0n) is 28.2. The fourth-order valence-corrected chi connectivity index (χ4v) is 8.50. The van der Waals surface area contributed by atoms with Crippen molar-refractivity contribution in [3.8, 4) is 6.01 Å². The van der Waals surface area contributed by atoms with Gasteiger partial charge in [-0.1, -0.05) is 41.0 Å². The molecule has 0 aliphatic carbocycles. The molecule has 4 aliphatic rings. The van der Waals surface area contributed by atoms with E-state index in [-0.39, 0.29) is 29.4 Å². The fourth-order valence-electron chi connectivity index (χ4n) is 8.22. The minimum absolute atomic E-state index is 0.0519. The van der Waals surface area contributed by atoms with Crippen molar-refractivity contribution < 1.29 is 27.2 Å². The molecule has 0 bridgehead atoms. The molecule has 268 valence electrons. The highest BCUT2D eigenvalue weighted by molar-refractivity contribution is 6.36. The van der Waals surface area contributed by atoms with Crippen LogP contribution in [-0.2, 0) is 17.8 Å². The molecule has 4 aromatic rings. The number of amides is 1. The number of hydrogen-bond acceptors (Lipinski definition) is 10. The van der Waals surface area contributed by atoms with E-state index < -0.39 is 18.4 Å². The predicted molar refractivity (Wildman–Crippen MR) is 186 cm³/mol. The maximum atomic E-state index is 14.6. The van der Waals surface area contributed by atoms with Gasteiger partial charge >= 0.3 is 12.4 Å². The number of hydrogen-bond donors (Lipinski definition) is 0. The first kappa shape index (κ1) is 33.7. The first-order valence-corrected chi connectivity index (χ1v) is 17.7. The number of likely N-dealkylation sites (tertiary alicyclic amines) is 1. The van der Waals surface area contributed by atoms with Gasteiger partial charge in [-0.05, 0) is 49.7 Å². The molecule has 3 atom stereocenters. The molecule has 0 spiro atoms. The fraction of sp³-hybridized carbons (Fsp3) is 0.472. The number of ether oxygens (including phenoxy) is 1. The molecule has 0 unspecified atom stereocenters. The first-order valence-electron chi connectivity index (χ1n) is 17.3. The average Bonchev–Trinajstić information content (AvgIpc) is 3.93. The summed E-state index contributed by atoms with van der Waals surface area (Å²) in [7, 11) is 1.98. The average molecular weight is 723 g/mol. The second-order valence-corrected chi connectivity index (χ2v) is 14.3. The number of carbonyl (C=O) groups excluding carboxylic acids is 1. The van der Waals surface area contributed by atoms with Crippen molar-refractivity contribution >= 4 is 45.9 Å². The van der Waals surface area contributed by atoms with Crippen LogP contribution in [0.2, 0.25) is 5.02 Å². The molecule has 0 N–H and O–H groups in total. The van der Waals surface area contributed by atoms with E-state index >= 15 is 0 Å². The summed E-state index contributed by atoms with van der Waals surface area (Å²) < 4.78 is 51.4. The zero-order valence-corrected chi connectivity index (χ0v) is 28.9. The lowest BCUT2D eigenvalue weighted by Gasteiger charge is -2.35. The quantitative estimate of drug-likeness (QED) is 0.195. The van der Waals surface area contributed by atoms with Crippen LogP contribution >= 0.6 is 11.6 Å². The number of rotatable bonds is 9. The van der Waals surface area contributed by atoms with E-state index in [4.69, 9.17) is 30.8 Å². The number of alkyl halides is 3. The molecule has 51 heavy (non-hydrogen) atoms. The lowest BCUT2D eigenvalue weighted by Crippen LogP contribution is -2.44. The van der Waals surface area contributed by atoms with Gasteiger partial charge in [-0.25, -0.2) is 13.2 Å². The van der Waals surface area contributed by atoms with Crippen LogP contribution in [0.15, 0.2) is 47.0 Å². The van der Waals surface area contributed by atoms with Gasteiger partial charge < -0.3 is 24.0 Å². The normalized spacial score (nSPS) is 23.5. The smallest absolute Gasteiger partial charge is 0.318 e. The molecule has 6 heterocycles. The Morgan fingerprint density at radius 1 is 1.16 bits per heavy atom. The maximum absolute atomic E-state index is 14.6. The minimum atomic E-state index is -2.86. The highest BCUT2D eigenvalue weighted by Crippen LogP contribution is 2.41. The molecule has 0 saturated carbocycles. The predicted octanol–water partition coefficient (Wildman–Crippen LogP) is 5.87. The maximum Gasteiger partial charge on any atom is 0.318 e. The molecule has 3 saturated heterocycles. The van der Waals surface area contributed by atoms with Crippen molar-refractivity contribution in [1.82, 2.24) is 29.9 Å². The Balaban J connectivity index is 1.05. The van der Waals surface area contributed by atoms with Crippen molar-refractivity contribution in [2.45, 2.75) is 62.8 Å². The van der Waals surface area contributed by atoms with Crippen molar-refractivity contribution in [1.29, 1.82) is 0 Å². The van der Waals surface area contributed by atoms with Gasteiger partial charge in [0.05, 0.1) is 22.8 Å². The molecule has 2 aromatic carbocycles. The largest absolute Gasteiger partial charge is 0.461 e. The van der Waals surface area contributed by atoms with Crippen LogP contribution in [-0.4, -0.2) is 99.9 Å². The lowest BCUT2D eigenvalue weighted by atomic mass is 9.95. The van der Waals surface area contributed by atoms with E-state index in [0.29, 0.717) is 57.1 Å². The third-order valence-electron chi connectivity index (χ3n) is 10.8. The second kappa shape index (κ2) is 13.6. The molecular formula is C36H38ClF3N8O3. The first-order chi connectivity index (χ1) is 24.7. The second-order valence-electron chi connectivity index (χ2n) is 13.9. The van der Waals surface area contributed by atoms with Crippen molar-refractivity contribution in [2.24, 2.45) is 0 Å². The van der Waals surface area contributed by atoms with Gasteiger partial charge in [-0.15, -0.1) is 0 Å². The molecule has 0 radical (unpaired) electrons. The van der Waals surface area contributed by atoms with Gasteiger partial charge in [-0.3, -0.25) is 9.69 Å². The Kier molecular flexibility index (Phi) is 8.99. The molecule has 15 heteroatoms. The number of likely N-dealkylation sites (N-methyl/N-ethyl adjacent to an activating group) is 1. The number of fused-ring (bicyclic) bond motifs is 3. The topological polar surface area (TPSA) is 104 Å². The number of halogens is 4. The van der Waals surface area contributed by atoms with E-state index in [9.17, 15) is 18.0 Å². The highest BCUT2D eigenvalue weighted by Gasteiger charge is 2.49. The summed E-state index contributed by atoms with van der Waals surface area (Å²) in [5.74, 6) is -0.419. The lowest BCUT2D eigenvalue weighted by molar-refractivity contribution is -0.124. The highest BCUT2D eigenvalue weighted by atomic mass is 35.5. The Morgan fingerprint density at radius 3 is 2.82 bits per heavy atom. The Bertz CT molecular complexity index is 1970. The van der Waals surface area contributed by atoms with Crippen LogP contribution in [0.3, 0.4) is 0 Å². The molecular weight excluding hydrogens is 685 g/mol. The van der Waals surface area contributed by atoms with Gasteiger partial charge in [0.1, 0.15) is 18.6 Å². The molecule has 4 aliphatic heterocycles. The van der Waals surface area contributed by atoms with Crippen LogP contribution in [0.25, 0.3) is 16.8 Å². The summed E-state index contributed by atoms with van der Waals surface area (Å²) in [4.78, 5) is 34.9. The van der Waals surface area contributed by atoms with E-state index in [1.807, 2.05) is 25.2 Å². The summed E-state index contributed by atoms with van der Waals surface area (Å²) in [5.41, 5.74) is 2.56. The standard InChI is InChI=1S/C36H38ClF3N8O3/c1-45(24-11-15-47(19-24)30(49)10-9-29-42-33(32(39)40)44-51-29)34-25-12-16-46(28-8-3-6-22-5-2-7-26(37)31(22)28)20-27(25)41-35(43-34)50-21-36-13-4-14-48(36)18-23(38)17-36/h2-3,5-10,23-24,32H,4,11-21H2,1H3/b10-9+/t23-,24-,36+/m1/s1. The number of nitrogens with zero attached hydrogens (tertiary/aromatic N) is 8. The number of carbonyl (C=O) groups is 1. The molecule has 11 nitrogen and oxygen atoms in total. The molecule has 1 amide bonds. The number of anilines is 2. The van der Waals surface area contributed by atoms with E-state index in [2.05, 4.69) is 43.0 Å². The van der Waals surface area contributed by atoms with Gasteiger partial charge in [-0.2, -0.15) is 15.0 Å². The Hall–Kier alpha value is -4.43. The number of benzene rings is 2. The summed E-state index contributed by atoms with van der Waals surface area (Å²) >= 11 is 6.72. The third kappa shape index (κ3) is 6.48. The monoisotopic (exact) mass is 722 g/mol. The van der Waals surface area contributed by atoms with Gasteiger partial charge in [0, 0.05) is 74.5 Å².